The summed E-state index contributed by atoms with van der Waals surface area (Å²) in [6.07, 6.45) is 3.52. The molecule has 0 bridgehead atoms. The number of ketones is 1. The van der Waals surface area contributed by atoms with Crippen LogP contribution in [-0.2, 0) is 13.2 Å². The highest BCUT2D eigenvalue weighted by Crippen LogP contribution is 2.30. The van der Waals surface area contributed by atoms with Crippen LogP contribution < -0.4 is 4.74 Å². The summed E-state index contributed by atoms with van der Waals surface area (Å²) in [5, 5.41) is 9.22. The number of nitrogens with zero attached hydrogens (tertiary/aromatic N) is 3. The molecule has 31 heavy (non-hydrogen) atoms. The second-order valence-electron chi connectivity index (χ2n) is 6.74. The van der Waals surface area contributed by atoms with Gasteiger partial charge in [-0.05, 0) is 23.8 Å². The Bertz CT molecular complexity index is 1150. The van der Waals surface area contributed by atoms with Crippen LogP contribution in [0.2, 0.25) is 0 Å². The van der Waals surface area contributed by atoms with Crippen molar-refractivity contribution in [1.29, 1.82) is 0 Å². The Hall–Kier alpha value is -3.58. The van der Waals surface area contributed by atoms with Crippen LogP contribution in [0, 0.1) is 0 Å². The SMILES string of the molecule is C=CCn1c(COc2ccccc2-c2ccccc2)nnc1SCC(=O)c1ccc[nH]1. The normalized spacial score (nSPS) is 10.7. The summed E-state index contributed by atoms with van der Waals surface area (Å²) in [6, 6.07) is 21.6. The first-order valence-corrected chi connectivity index (χ1v) is 10.8. The first-order chi connectivity index (χ1) is 15.3. The van der Waals surface area contributed by atoms with E-state index >= 15 is 0 Å². The van der Waals surface area contributed by atoms with Crippen LogP contribution in [0.1, 0.15) is 16.3 Å². The predicted octanol–water partition coefficient (Wildman–Crippen LogP) is 5.01. The fourth-order valence-corrected chi connectivity index (χ4v) is 4.00. The number of hydrogen-bond donors (Lipinski definition) is 1. The lowest BCUT2D eigenvalue weighted by Crippen LogP contribution is -2.09. The van der Waals surface area contributed by atoms with Gasteiger partial charge in [-0.25, -0.2) is 0 Å². The Labute approximate surface area is 185 Å². The van der Waals surface area contributed by atoms with Crippen LogP contribution in [0.5, 0.6) is 5.75 Å². The van der Waals surface area contributed by atoms with E-state index in [4.69, 9.17) is 4.74 Å². The second-order valence-corrected chi connectivity index (χ2v) is 7.69. The van der Waals surface area contributed by atoms with E-state index in [-0.39, 0.29) is 18.1 Å². The Balaban J connectivity index is 1.48. The van der Waals surface area contributed by atoms with E-state index in [0.29, 0.717) is 23.2 Å². The highest BCUT2D eigenvalue weighted by Gasteiger charge is 2.16. The van der Waals surface area contributed by atoms with Crippen molar-refractivity contribution in [2.24, 2.45) is 0 Å². The van der Waals surface area contributed by atoms with Gasteiger partial charge in [0.2, 0.25) is 0 Å². The van der Waals surface area contributed by atoms with Crippen molar-refractivity contribution in [3.63, 3.8) is 0 Å². The number of hydrogen-bond acceptors (Lipinski definition) is 5. The van der Waals surface area contributed by atoms with Gasteiger partial charge in [0.25, 0.3) is 0 Å². The third-order valence-electron chi connectivity index (χ3n) is 4.66. The molecule has 0 atom stereocenters. The molecule has 2 aromatic carbocycles. The van der Waals surface area contributed by atoms with Crippen LogP contribution >= 0.6 is 11.8 Å². The van der Waals surface area contributed by atoms with Crippen molar-refractivity contribution in [2.45, 2.75) is 18.3 Å². The van der Waals surface area contributed by atoms with Gasteiger partial charge < -0.3 is 9.72 Å². The molecule has 0 aliphatic heterocycles. The van der Waals surface area contributed by atoms with Crippen molar-refractivity contribution in [1.82, 2.24) is 19.7 Å². The van der Waals surface area contributed by atoms with Gasteiger partial charge in [0, 0.05) is 18.3 Å². The molecule has 0 unspecified atom stereocenters. The van der Waals surface area contributed by atoms with Crippen molar-refractivity contribution < 1.29 is 9.53 Å². The van der Waals surface area contributed by atoms with Crippen LogP contribution in [0.4, 0.5) is 0 Å². The molecule has 4 aromatic rings. The number of carbonyl (C=O) groups excluding carboxylic acids is 1. The Morgan fingerprint density at radius 3 is 2.65 bits per heavy atom. The van der Waals surface area contributed by atoms with E-state index in [0.717, 1.165) is 16.9 Å². The van der Waals surface area contributed by atoms with Gasteiger partial charge in [-0.1, -0.05) is 66.4 Å². The summed E-state index contributed by atoms with van der Waals surface area (Å²) >= 11 is 1.35. The lowest BCUT2D eigenvalue weighted by molar-refractivity contribution is 0.101. The van der Waals surface area contributed by atoms with E-state index < -0.39 is 0 Å². The lowest BCUT2D eigenvalue weighted by Gasteiger charge is -2.12. The number of H-pyrrole nitrogens is 1. The molecule has 0 spiro atoms. The summed E-state index contributed by atoms with van der Waals surface area (Å²) in [5.74, 6) is 1.74. The smallest absolute Gasteiger partial charge is 0.192 e. The van der Waals surface area contributed by atoms with Gasteiger partial charge in [-0.2, -0.15) is 0 Å². The minimum atomic E-state index is 0.0118. The molecule has 7 heteroatoms. The van der Waals surface area contributed by atoms with Gasteiger partial charge in [0.05, 0.1) is 11.4 Å². The zero-order valence-electron chi connectivity index (χ0n) is 16.9. The topological polar surface area (TPSA) is 72.8 Å². The standard InChI is InChI=1S/C24H22N4O2S/c1-2-15-28-23(26-27-24(28)31-17-21(29)20-12-8-14-25-20)16-30-22-13-7-6-11-19(22)18-9-4-3-5-10-18/h2-14,25H,1,15-17H2. The molecular weight excluding hydrogens is 408 g/mol. The molecule has 2 aromatic heterocycles. The van der Waals surface area contributed by atoms with Gasteiger partial charge in [0.1, 0.15) is 12.4 Å². The van der Waals surface area contributed by atoms with Crippen LogP contribution in [0.3, 0.4) is 0 Å². The molecule has 1 N–H and O–H groups in total. The molecule has 2 heterocycles. The fourth-order valence-electron chi connectivity index (χ4n) is 3.15. The van der Waals surface area contributed by atoms with Crippen molar-refractivity contribution in [3.05, 3.63) is 97.1 Å². The minimum Gasteiger partial charge on any atom is -0.485 e. The molecule has 0 aliphatic carbocycles. The summed E-state index contributed by atoms with van der Waals surface area (Å²) in [5.41, 5.74) is 2.69. The molecule has 4 rings (SSSR count). The second kappa shape index (κ2) is 9.95. The third-order valence-corrected chi connectivity index (χ3v) is 5.63. The summed E-state index contributed by atoms with van der Waals surface area (Å²) in [6.45, 7) is 4.62. The zero-order valence-corrected chi connectivity index (χ0v) is 17.7. The number of Topliss-reactive ketones (excluding diaryl/α,β-unsaturated/α-hetero) is 1. The highest BCUT2D eigenvalue weighted by atomic mass is 32.2. The maximum absolute atomic E-state index is 12.3. The van der Waals surface area contributed by atoms with E-state index in [1.807, 2.05) is 47.0 Å². The average Bonchev–Trinajstić information content (AvgIpc) is 3.48. The highest BCUT2D eigenvalue weighted by molar-refractivity contribution is 7.99. The first-order valence-electron chi connectivity index (χ1n) is 9.86. The van der Waals surface area contributed by atoms with Crippen LogP contribution in [-0.4, -0.2) is 31.3 Å². The van der Waals surface area contributed by atoms with E-state index in [9.17, 15) is 4.79 Å². The van der Waals surface area contributed by atoms with Gasteiger partial charge in [0.15, 0.2) is 16.8 Å². The number of aromatic nitrogens is 4. The number of allylic oxidation sites excluding steroid dienone is 1. The maximum atomic E-state index is 12.3. The third kappa shape index (κ3) is 4.95. The van der Waals surface area contributed by atoms with Crippen molar-refractivity contribution >= 4 is 17.5 Å². The number of thioether (sulfide) groups is 1. The molecular formula is C24H22N4O2S. The molecule has 0 fully saturated rings. The number of aromatic amines is 1. The molecule has 156 valence electrons. The Kier molecular flexibility index (Phi) is 6.64. The zero-order chi connectivity index (χ0) is 21.5. The molecule has 0 saturated carbocycles. The van der Waals surface area contributed by atoms with Crippen molar-refractivity contribution in [2.75, 3.05) is 5.75 Å². The van der Waals surface area contributed by atoms with E-state index in [1.54, 1.807) is 24.4 Å². The van der Waals surface area contributed by atoms with Crippen LogP contribution in [0.15, 0.2) is 90.7 Å². The quantitative estimate of drug-likeness (QED) is 0.217. The number of rotatable bonds is 10. The van der Waals surface area contributed by atoms with Gasteiger partial charge in [-0.3, -0.25) is 9.36 Å². The number of benzene rings is 2. The minimum absolute atomic E-state index is 0.0118. The van der Waals surface area contributed by atoms with Gasteiger partial charge in [-0.15, -0.1) is 16.8 Å². The molecule has 0 aliphatic rings. The monoisotopic (exact) mass is 430 g/mol. The number of ether oxygens (including phenoxy) is 1. The average molecular weight is 431 g/mol. The first kappa shape index (κ1) is 20.7. The Morgan fingerprint density at radius 1 is 1.06 bits per heavy atom. The summed E-state index contributed by atoms with van der Waals surface area (Å²) in [4.78, 5) is 15.2. The predicted molar refractivity (Wildman–Crippen MR) is 122 cm³/mol. The van der Waals surface area contributed by atoms with Gasteiger partial charge >= 0.3 is 0 Å². The number of para-hydroxylation sites is 1. The lowest BCUT2D eigenvalue weighted by atomic mass is 10.1. The Morgan fingerprint density at radius 2 is 1.87 bits per heavy atom. The largest absolute Gasteiger partial charge is 0.485 e. The summed E-state index contributed by atoms with van der Waals surface area (Å²) < 4.78 is 8.05. The number of nitrogens with one attached hydrogen (secondary N) is 1. The molecule has 0 amide bonds. The number of carbonyl (C=O) groups is 1. The fraction of sp³-hybridized carbons (Fsp3) is 0.125. The molecule has 0 saturated heterocycles. The van der Waals surface area contributed by atoms with Crippen LogP contribution in [0.25, 0.3) is 11.1 Å². The van der Waals surface area contributed by atoms with Crippen molar-refractivity contribution in [3.8, 4) is 16.9 Å². The maximum Gasteiger partial charge on any atom is 0.192 e. The van der Waals surface area contributed by atoms with E-state index in [1.165, 1.54) is 11.8 Å². The summed E-state index contributed by atoms with van der Waals surface area (Å²) in [7, 11) is 0. The molecule has 0 radical (unpaired) electrons. The van der Waals surface area contributed by atoms with E-state index in [2.05, 4.69) is 33.9 Å². The molecule has 6 nitrogen and oxygen atoms in total.